The number of aliphatic hydroxyl groups excluding tert-OH is 1. The number of hydrogen-bond donors (Lipinski definition) is 2. The van der Waals surface area contributed by atoms with E-state index in [0.29, 0.717) is 0 Å². The van der Waals surface area contributed by atoms with Crippen molar-refractivity contribution in [1.29, 1.82) is 0 Å². The van der Waals surface area contributed by atoms with Gasteiger partial charge in [-0.3, -0.25) is 10.1 Å². The van der Waals surface area contributed by atoms with Crippen LogP contribution in [0.1, 0.15) is 6.92 Å². The first-order chi connectivity index (χ1) is 7.88. The van der Waals surface area contributed by atoms with Gasteiger partial charge in [-0.1, -0.05) is 12.1 Å². The Morgan fingerprint density at radius 2 is 2.06 bits per heavy atom. The quantitative estimate of drug-likeness (QED) is 0.582. The van der Waals surface area contributed by atoms with Crippen molar-refractivity contribution in [3.63, 3.8) is 0 Å². The van der Waals surface area contributed by atoms with E-state index >= 15 is 0 Å². The minimum Gasteiger partial charge on any atom is -0.395 e. The Bertz CT molecular complexity index is 514. The van der Waals surface area contributed by atoms with Crippen LogP contribution in [0.15, 0.2) is 29.2 Å². The Labute approximate surface area is 98.3 Å². The predicted molar refractivity (Wildman–Crippen MR) is 60.0 cm³/mol. The van der Waals surface area contributed by atoms with Gasteiger partial charge < -0.3 is 5.11 Å². The van der Waals surface area contributed by atoms with Gasteiger partial charge in [-0.15, -0.1) is 0 Å². The number of sulfonamides is 1. The summed E-state index contributed by atoms with van der Waals surface area (Å²) in [5.41, 5.74) is -0.495. The Morgan fingerprint density at radius 3 is 2.59 bits per heavy atom. The maximum absolute atomic E-state index is 11.8. The third-order valence-corrected chi connectivity index (χ3v) is 3.62. The summed E-state index contributed by atoms with van der Waals surface area (Å²) in [6, 6.07) is 4.32. The summed E-state index contributed by atoms with van der Waals surface area (Å²) in [4.78, 5) is 9.51. The lowest BCUT2D eigenvalue weighted by atomic mass is 10.3. The summed E-state index contributed by atoms with van der Waals surface area (Å²) in [6.07, 6.45) is 0. The van der Waals surface area contributed by atoms with Crippen LogP contribution in [0.25, 0.3) is 0 Å². The topological polar surface area (TPSA) is 110 Å². The Morgan fingerprint density at radius 1 is 1.47 bits per heavy atom. The fraction of sp³-hybridized carbons (Fsp3) is 0.333. The summed E-state index contributed by atoms with van der Waals surface area (Å²) in [6.45, 7) is 1.06. The molecule has 0 heterocycles. The Balaban J connectivity index is 3.20. The van der Waals surface area contributed by atoms with Crippen LogP contribution in [0.4, 0.5) is 5.69 Å². The van der Waals surface area contributed by atoms with Crippen LogP contribution in [-0.2, 0) is 10.0 Å². The molecule has 2 N–H and O–H groups in total. The number of nitro groups is 1. The van der Waals surface area contributed by atoms with E-state index in [0.717, 1.165) is 12.1 Å². The predicted octanol–water partition coefficient (Wildman–Crippen LogP) is 0.254. The molecule has 0 aliphatic rings. The van der Waals surface area contributed by atoms with Gasteiger partial charge in [0, 0.05) is 12.1 Å². The molecule has 0 amide bonds. The number of benzene rings is 1. The largest absolute Gasteiger partial charge is 0.395 e. The van der Waals surface area contributed by atoms with Gasteiger partial charge in [0.25, 0.3) is 5.69 Å². The number of aliphatic hydroxyl groups is 1. The molecule has 0 aromatic heterocycles. The number of rotatable bonds is 5. The molecule has 1 aromatic rings. The van der Waals surface area contributed by atoms with Crippen molar-refractivity contribution >= 4 is 15.7 Å². The van der Waals surface area contributed by atoms with Crippen LogP contribution in [0.3, 0.4) is 0 Å². The van der Waals surface area contributed by atoms with E-state index in [-0.39, 0.29) is 6.61 Å². The van der Waals surface area contributed by atoms with Crippen molar-refractivity contribution in [2.24, 2.45) is 0 Å². The van der Waals surface area contributed by atoms with Gasteiger partial charge in [0.1, 0.15) is 0 Å². The molecule has 1 aromatic carbocycles. The van der Waals surface area contributed by atoms with Gasteiger partial charge in [-0.25, -0.2) is 13.1 Å². The normalized spacial score (nSPS) is 13.3. The maximum Gasteiger partial charge on any atom is 0.289 e. The Hall–Kier alpha value is -1.51. The zero-order valence-corrected chi connectivity index (χ0v) is 9.85. The molecule has 0 saturated heterocycles. The third-order valence-electron chi connectivity index (χ3n) is 1.98. The first-order valence-electron chi connectivity index (χ1n) is 4.75. The molecule has 0 aliphatic heterocycles. The van der Waals surface area contributed by atoms with E-state index in [1.54, 1.807) is 0 Å². The molecule has 0 spiro atoms. The lowest BCUT2D eigenvalue weighted by Crippen LogP contribution is -2.35. The number of nitrogens with zero attached hydrogens (tertiary/aromatic N) is 1. The number of para-hydroxylation sites is 1. The average Bonchev–Trinajstić information content (AvgIpc) is 2.28. The molecule has 0 aliphatic carbocycles. The second kappa shape index (κ2) is 5.21. The molecule has 7 nitrogen and oxygen atoms in total. The van der Waals surface area contributed by atoms with Crippen molar-refractivity contribution < 1.29 is 18.4 Å². The SMILES string of the molecule is C[C@@H](CO)NS(=O)(=O)c1ccccc1[N+](=O)[O-]. The summed E-state index contributed by atoms with van der Waals surface area (Å²) >= 11 is 0. The summed E-state index contributed by atoms with van der Waals surface area (Å²) in [5, 5.41) is 19.5. The second-order valence-electron chi connectivity index (χ2n) is 3.43. The van der Waals surface area contributed by atoms with Crippen LogP contribution >= 0.6 is 0 Å². The first-order valence-corrected chi connectivity index (χ1v) is 6.23. The summed E-state index contributed by atoms with van der Waals surface area (Å²) in [7, 11) is -4.00. The molecule has 8 heteroatoms. The molecule has 1 atom stereocenters. The van der Waals surface area contributed by atoms with E-state index in [2.05, 4.69) is 4.72 Å². The van der Waals surface area contributed by atoms with Gasteiger partial charge >= 0.3 is 0 Å². The van der Waals surface area contributed by atoms with Crippen molar-refractivity contribution in [2.75, 3.05) is 6.61 Å². The van der Waals surface area contributed by atoms with Crippen LogP contribution in [-0.4, -0.2) is 31.1 Å². The lowest BCUT2D eigenvalue weighted by Gasteiger charge is -2.11. The molecule has 0 saturated carbocycles. The molecule has 17 heavy (non-hydrogen) atoms. The summed E-state index contributed by atoms with van der Waals surface area (Å²) < 4.78 is 25.7. The van der Waals surface area contributed by atoms with Crippen molar-refractivity contribution in [1.82, 2.24) is 4.72 Å². The van der Waals surface area contributed by atoms with Gasteiger partial charge in [-0.2, -0.15) is 0 Å². The number of nitrogens with one attached hydrogen (secondary N) is 1. The maximum atomic E-state index is 11.8. The third kappa shape index (κ3) is 3.22. The monoisotopic (exact) mass is 260 g/mol. The first kappa shape index (κ1) is 13.6. The highest BCUT2D eigenvalue weighted by atomic mass is 32.2. The van der Waals surface area contributed by atoms with Crippen LogP contribution in [0, 0.1) is 10.1 Å². The average molecular weight is 260 g/mol. The van der Waals surface area contributed by atoms with Crippen LogP contribution in [0.5, 0.6) is 0 Å². The number of hydrogen-bond acceptors (Lipinski definition) is 5. The highest BCUT2D eigenvalue weighted by Crippen LogP contribution is 2.22. The molecule has 0 unspecified atom stereocenters. The minimum absolute atomic E-state index is 0.389. The standard InChI is InChI=1S/C9H12N2O5S/c1-7(6-12)10-17(15,16)9-5-3-2-4-8(9)11(13)14/h2-5,7,10,12H,6H2,1H3/t7-/m0/s1. The van der Waals surface area contributed by atoms with Crippen molar-refractivity contribution in [3.8, 4) is 0 Å². The van der Waals surface area contributed by atoms with Crippen molar-refractivity contribution in [3.05, 3.63) is 34.4 Å². The number of nitro benzene ring substituents is 1. The molecular formula is C9H12N2O5S. The lowest BCUT2D eigenvalue weighted by molar-refractivity contribution is -0.387. The Kier molecular flexibility index (Phi) is 4.16. The summed E-state index contributed by atoms with van der Waals surface area (Å²) in [5.74, 6) is 0. The van der Waals surface area contributed by atoms with Gasteiger partial charge in [-0.05, 0) is 13.0 Å². The molecule has 0 fully saturated rings. The van der Waals surface area contributed by atoms with E-state index in [1.165, 1.54) is 19.1 Å². The van der Waals surface area contributed by atoms with Gasteiger partial charge in [0.2, 0.25) is 10.0 Å². The fourth-order valence-corrected chi connectivity index (χ4v) is 2.61. The zero-order chi connectivity index (χ0) is 13.1. The van der Waals surface area contributed by atoms with Gasteiger partial charge in [0.15, 0.2) is 4.90 Å². The molecule has 94 valence electrons. The fourth-order valence-electron chi connectivity index (χ4n) is 1.20. The zero-order valence-electron chi connectivity index (χ0n) is 9.03. The highest BCUT2D eigenvalue weighted by Gasteiger charge is 2.26. The molecule has 0 bridgehead atoms. The van der Waals surface area contributed by atoms with E-state index in [1.807, 2.05) is 0 Å². The van der Waals surface area contributed by atoms with E-state index in [9.17, 15) is 18.5 Å². The van der Waals surface area contributed by atoms with E-state index in [4.69, 9.17) is 5.11 Å². The molecule has 1 rings (SSSR count). The minimum atomic E-state index is -4.00. The second-order valence-corrected chi connectivity index (χ2v) is 5.11. The van der Waals surface area contributed by atoms with Crippen LogP contribution in [0.2, 0.25) is 0 Å². The van der Waals surface area contributed by atoms with Gasteiger partial charge in [0.05, 0.1) is 11.5 Å². The van der Waals surface area contributed by atoms with E-state index < -0.39 is 31.6 Å². The molecule has 0 radical (unpaired) electrons. The van der Waals surface area contributed by atoms with Crippen LogP contribution < -0.4 is 4.72 Å². The highest BCUT2D eigenvalue weighted by molar-refractivity contribution is 7.89. The van der Waals surface area contributed by atoms with Crippen molar-refractivity contribution in [2.45, 2.75) is 17.9 Å². The molecular weight excluding hydrogens is 248 g/mol. The smallest absolute Gasteiger partial charge is 0.289 e.